The highest BCUT2D eigenvalue weighted by Gasteiger charge is 2.34. The molecule has 10 nitrogen and oxygen atoms in total. The van der Waals surface area contributed by atoms with Crippen molar-refractivity contribution in [3.63, 3.8) is 0 Å². The van der Waals surface area contributed by atoms with Gasteiger partial charge >= 0.3 is 6.18 Å². The Bertz CT molecular complexity index is 1960. The van der Waals surface area contributed by atoms with E-state index in [4.69, 9.17) is 32.7 Å². The van der Waals surface area contributed by atoms with Crippen LogP contribution in [0.15, 0.2) is 94.7 Å². The lowest BCUT2D eigenvalue weighted by Crippen LogP contribution is -2.38. The highest BCUT2D eigenvalue weighted by molar-refractivity contribution is 7.93. The summed E-state index contributed by atoms with van der Waals surface area (Å²) in [5.74, 6) is -0.351. The first-order chi connectivity index (χ1) is 21.5. The van der Waals surface area contributed by atoms with Gasteiger partial charge in [-0.2, -0.15) is 13.2 Å². The topological polar surface area (TPSA) is 131 Å². The van der Waals surface area contributed by atoms with E-state index in [1.807, 2.05) is 0 Å². The van der Waals surface area contributed by atoms with Gasteiger partial charge in [0.05, 0.1) is 40.3 Å². The minimum Gasteiger partial charge on any atom is -0.493 e. The highest BCUT2D eigenvalue weighted by Crippen LogP contribution is 2.37. The zero-order chi connectivity index (χ0) is 33.9. The van der Waals surface area contributed by atoms with E-state index in [9.17, 15) is 34.8 Å². The molecule has 0 heterocycles. The molecule has 0 aliphatic rings. The van der Waals surface area contributed by atoms with Gasteiger partial charge in [0.15, 0.2) is 11.5 Å². The second-order valence-electron chi connectivity index (χ2n) is 9.38. The molecular formula is C29H24Cl2F3N3O7S2. The van der Waals surface area contributed by atoms with Crippen LogP contribution in [0, 0.1) is 0 Å². The van der Waals surface area contributed by atoms with Crippen molar-refractivity contribution < 1.29 is 44.3 Å². The Morgan fingerprint density at radius 2 is 1.37 bits per heavy atom. The summed E-state index contributed by atoms with van der Waals surface area (Å²) in [6, 6.07) is 16.9. The van der Waals surface area contributed by atoms with Gasteiger partial charge in [-0.1, -0.05) is 23.2 Å². The van der Waals surface area contributed by atoms with Gasteiger partial charge in [0.25, 0.3) is 20.0 Å². The molecule has 0 spiro atoms. The number of methoxy groups -OCH3 is 2. The SMILES string of the molecule is COc1ccc(S(=O)(=O)N(CC(=O)Nc2ccc(S(=O)(=O)Nc3ccc(Cl)c(C(F)(F)F)c3)cc2)c2ccc(Cl)cc2)cc1OC. The molecular weight excluding hydrogens is 694 g/mol. The minimum atomic E-state index is -4.80. The molecule has 244 valence electrons. The molecule has 4 aromatic carbocycles. The number of nitrogens with one attached hydrogen (secondary N) is 2. The number of hydrogen-bond acceptors (Lipinski definition) is 7. The number of anilines is 3. The molecule has 2 N–H and O–H groups in total. The van der Waals surface area contributed by atoms with Crippen molar-refractivity contribution in [2.45, 2.75) is 16.0 Å². The van der Waals surface area contributed by atoms with Crippen LogP contribution in [0.4, 0.5) is 30.2 Å². The molecule has 0 bridgehead atoms. The lowest BCUT2D eigenvalue weighted by molar-refractivity contribution is -0.137. The molecule has 0 aliphatic heterocycles. The lowest BCUT2D eigenvalue weighted by atomic mass is 10.2. The standard InChI is InChI=1S/C29H24Cl2F3N3O7S2/c1-43-26-14-12-23(16-27(26)44-2)46(41,42)37(21-8-3-18(30)4-9-21)17-28(38)35-19-5-10-22(11-6-19)45(39,40)36-20-7-13-25(31)24(15-20)29(32,33)34/h3-16,36H,17H2,1-2H3,(H,35,38). The molecule has 4 rings (SSSR count). The average Bonchev–Trinajstić information content (AvgIpc) is 3.00. The maximum absolute atomic E-state index is 13.7. The molecule has 0 aromatic heterocycles. The Morgan fingerprint density at radius 3 is 1.96 bits per heavy atom. The van der Waals surface area contributed by atoms with Crippen LogP contribution in [0.2, 0.25) is 10.0 Å². The number of alkyl halides is 3. The van der Waals surface area contributed by atoms with Crippen LogP contribution in [-0.2, 0) is 31.0 Å². The van der Waals surface area contributed by atoms with E-state index in [0.717, 1.165) is 28.6 Å². The van der Waals surface area contributed by atoms with E-state index in [-0.39, 0.29) is 38.4 Å². The maximum Gasteiger partial charge on any atom is 0.417 e. The van der Waals surface area contributed by atoms with E-state index < -0.39 is 49.3 Å². The average molecular weight is 719 g/mol. The number of ether oxygens (including phenoxy) is 2. The second-order valence-corrected chi connectivity index (χ2v) is 13.8. The molecule has 0 radical (unpaired) electrons. The van der Waals surface area contributed by atoms with Crippen molar-refractivity contribution in [3.05, 3.63) is 101 Å². The van der Waals surface area contributed by atoms with Gasteiger partial charge in [0, 0.05) is 22.5 Å². The summed E-state index contributed by atoms with van der Waals surface area (Å²) < 4.78 is 106. The van der Waals surface area contributed by atoms with Crippen molar-refractivity contribution in [2.24, 2.45) is 0 Å². The zero-order valence-corrected chi connectivity index (χ0v) is 26.9. The Hall–Kier alpha value is -4.18. The third kappa shape index (κ3) is 7.96. The molecule has 0 aliphatic carbocycles. The number of halogens is 5. The largest absolute Gasteiger partial charge is 0.493 e. The molecule has 0 saturated heterocycles. The van der Waals surface area contributed by atoms with E-state index in [1.165, 1.54) is 68.8 Å². The van der Waals surface area contributed by atoms with Crippen molar-refractivity contribution in [3.8, 4) is 11.5 Å². The number of benzene rings is 4. The third-order valence-corrected chi connectivity index (χ3v) is 10.1. The summed E-state index contributed by atoms with van der Waals surface area (Å²) in [6.45, 7) is -0.696. The van der Waals surface area contributed by atoms with E-state index in [2.05, 4.69) is 10.0 Å². The van der Waals surface area contributed by atoms with Crippen LogP contribution >= 0.6 is 23.2 Å². The van der Waals surface area contributed by atoms with Crippen molar-refractivity contribution in [1.82, 2.24) is 0 Å². The number of sulfonamides is 2. The van der Waals surface area contributed by atoms with Gasteiger partial charge < -0.3 is 14.8 Å². The Balaban J connectivity index is 1.55. The fourth-order valence-electron chi connectivity index (χ4n) is 4.10. The van der Waals surface area contributed by atoms with E-state index in [0.29, 0.717) is 11.1 Å². The third-order valence-electron chi connectivity index (χ3n) is 6.32. The van der Waals surface area contributed by atoms with Gasteiger partial charge in [-0.3, -0.25) is 13.8 Å². The molecule has 0 saturated carbocycles. The molecule has 0 atom stereocenters. The molecule has 4 aromatic rings. The van der Waals surface area contributed by atoms with Crippen molar-refractivity contribution in [1.29, 1.82) is 0 Å². The molecule has 0 unspecified atom stereocenters. The quantitative estimate of drug-likeness (QED) is 0.177. The van der Waals surface area contributed by atoms with Crippen LogP contribution < -0.4 is 23.8 Å². The molecule has 1 amide bonds. The number of rotatable bonds is 11. The first-order valence-corrected chi connectivity index (χ1v) is 16.5. The summed E-state index contributed by atoms with van der Waals surface area (Å²) in [7, 11) is -5.97. The predicted octanol–water partition coefficient (Wildman–Crippen LogP) is 6.66. The first kappa shape index (κ1) is 34.7. The monoisotopic (exact) mass is 717 g/mol. The second kappa shape index (κ2) is 13.7. The van der Waals surface area contributed by atoms with Gasteiger partial charge in [0.2, 0.25) is 5.91 Å². The Labute approximate surface area is 272 Å². The van der Waals surface area contributed by atoms with E-state index >= 15 is 0 Å². The Kier molecular flexibility index (Phi) is 10.3. The normalized spacial score (nSPS) is 11.9. The van der Waals surface area contributed by atoms with Crippen LogP contribution in [0.1, 0.15) is 5.56 Å². The van der Waals surface area contributed by atoms with Crippen LogP contribution in [-0.4, -0.2) is 43.5 Å². The molecule has 17 heteroatoms. The van der Waals surface area contributed by atoms with Crippen LogP contribution in [0.25, 0.3) is 0 Å². The molecule has 0 fully saturated rings. The summed E-state index contributed by atoms with van der Waals surface area (Å²) in [4.78, 5) is 12.6. The zero-order valence-electron chi connectivity index (χ0n) is 23.8. The number of carbonyl (C=O) groups is 1. The van der Waals surface area contributed by atoms with Crippen LogP contribution in [0.3, 0.4) is 0 Å². The van der Waals surface area contributed by atoms with Gasteiger partial charge in [-0.15, -0.1) is 0 Å². The highest BCUT2D eigenvalue weighted by atomic mass is 35.5. The number of carbonyl (C=O) groups excluding carboxylic acids is 1. The first-order valence-electron chi connectivity index (χ1n) is 12.8. The lowest BCUT2D eigenvalue weighted by Gasteiger charge is -2.24. The smallest absolute Gasteiger partial charge is 0.417 e. The minimum absolute atomic E-state index is 0.106. The van der Waals surface area contributed by atoms with Crippen molar-refractivity contribution >= 4 is 66.2 Å². The maximum atomic E-state index is 13.7. The van der Waals surface area contributed by atoms with E-state index in [1.54, 1.807) is 0 Å². The summed E-state index contributed by atoms with van der Waals surface area (Å²) in [5, 5.41) is 2.24. The number of amides is 1. The fraction of sp³-hybridized carbons (Fsp3) is 0.138. The number of hydrogen-bond donors (Lipinski definition) is 2. The van der Waals surface area contributed by atoms with Gasteiger partial charge in [0.1, 0.15) is 6.54 Å². The number of nitrogens with zero attached hydrogens (tertiary/aromatic N) is 1. The summed E-state index contributed by atoms with van der Waals surface area (Å²) >= 11 is 11.6. The fourth-order valence-corrected chi connectivity index (χ4v) is 6.93. The summed E-state index contributed by atoms with van der Waals surface area (Å²) in [5.41, 5.74) is -1.35. The predicted molar refractivity (Wildman–Crippen MR) is 168 cm³/mol. The van der Waals surface area contributed by atoms with Gasteiger partial charge in [-0.05, 0) is 78.9 Å². The van der Waals surface area contributed by atoms with Crippen molar-refractivity contribution in [2.75, 3.05) is 35.1 Å². The van der Waals surface area contributed by atoms with Gasteiger partial charge in [-0.25, -0.2) is 16.8 Å². The Morgan fingerprint density at radius 1 is 0.783 bits per heavy atom. The summed E-state index contributed by atoms with van der Waals surface area (Å²) in [6.07, 6.45) is -4.80. The van der Waals surface area contributed by atoms with Crippen LogP contribution in [0.5, 0.6) is 11.5 Å². The molecule has 46 heavy (non-hydrogen) atoms.